The molecule has 2 aliphatic rings. The molecule has 0 spiro atoms. The van der Waals surface area contributed by atoms with Gasteiger partial charge in [0.1, 0.15) is 6.07 Å². The molecule has 0 bridgehead atoms. The van der Waals surface area contributed by atoms with Crippen molar-refractivity contribution in [3.63, 3.8) is 0 Å². The number of hydrogen-bond donors (Lipinski definition) is 1. The fraction of sp³-hybridized carbons (Fsp3) is 0.600. The van der Waals surface area contributed by atoms with E-state index in [1.54, 1.807) is 18.5 Å². The molecule has 2 aromatic rings. The molecule has 1 N–H and O–H groups in total. The van der Waals surface area contributed by atoms with E-state index in [1.165, 1.54) is 0 Å². The van der Waals surface area contributed by atoms with Crippen molar-refractivity contribution in [1.29, 1.82) is 5.26 Å². The molecule has 2 saturated heterocycles. The molecule has 1 aromatic carbocycles. The Balaban J connectivity index is 1.27. The smallest absolute Gasteiger partial charge is 0.322 e. The van der Waals surface area contributed by atoms with Gasteiger partial charge in [0, 0.05) is 50.6 Å². The topological polar surface area (TPSA) is 97.6 Å². The summed E-state index contributed by atoms with van der Waals surface area (Å²) < 4.78 is 6.46. The highest BCUT2D eigenvalue weighted by molar-refractivity contribution is 6.74. The molecule has 41 heavy (non-hydrogen) atoms. The number of piperazine rings is 1. The number of nitrogens with one attached hydrogen (secondary N) is 1. The number of rotatable bonds is 6. The number of nitriles is 1. The first-order valence-electron chi connectivity index (χ1n) is 14.5. The number of carbonyl (C=O) groups excluding carboxylic acids is 1. The number of nitrogens with zero attached hydrogens (tertiary/aromatic N) is 6. The van der Waals surface area contributed by atoms with E-state index in [0.29, 0.717) is 41.2 Å². The highest BCUT2D eigenvalue weighted by Crippen LogP contribution is 2.37. The Morgan fingerprint density at radius 3 is 2.39 bits per heavy atom. The molecule has 2 atom stereocenters. The van der Waals surface area contributed by atoms with Crippen LogP contribution in [0.4, 0.5) is 22.1 Å². The third-order valence-electron chi connectivity index (χ3n) is 8.92. The maximum Gasteiger partial charge on any atom is 0.322 e. The monoisotopic (exact) mass is 597 g/mol. The maximum atomic E-state index is 13.2. The number of piperidine rings is 1. The Morgan fingerprint density at radius 2 is 1.80 bits per heavy atom. The zero-order valence-electron chi connectivity index (χ0n) is 25.4. The lowest BCUT2D eigenvalue weighted by Crippen LogP contribution is -2.59. The Kier molecular flexibility index (Phi) is 9.51. The van der Waals surface area contributed by atoms with Crippen LogP contribution in [0.1, 0.15) is 53.0 Å². The van der Waals surface area contributed by atoms with Gasteiger partial charge >= 0.3 is 6.03 Å². The van der Waals surface area contributed by atoms with Gasteiger partial charge in [-0.05, 0) is 68.9 Å². The number of hydrogen-bond acceptors (Lipinski definition) is 7. The van der Waals surface area contributed by atoms with E-state index in [1.807, 2.05) is 24.0 Å². The number of amides is 2. The summed E-state index contributed by atoms with van der Waals surface area (Å²) >= 11 is 6.27. The molecule has 9 nitrogen and oxygen atoms in total. The molecular formula is C30H44ClN7O2Si. The molecule has 11 heteroatoms. The number of anilines is 3. The Morgan fingerprint density at radius 1 is 1.15 bits per heavy atom. The molecule has 222 valence electrons. The number of benzene rings is 1. The zero-order chi connectivity index (χ0) is 29.9. The quantitative estimate of drug-likeness (QED) is 0.386. The highest BCUT2D eigenvalue weighted by Gasteiger charge is 2.38. The van der Waals surface area contributed by atoms with Crippen molar-refractivity contribution in [3.05, 3.63) is 41.2 Å². The van der Waals surface area contributed by atoms with E-state index in [0.717, 1.165) is 38.2 Å². The third-order valence-corrected chi connectivity index (χ3v) is 13.7. The number of halogens is 1. The Bertz CT molecular complexity index is 1250. The van der Waals surface area contributed by atoms with Crippen LogP contribution in [-0.4, -0.2) is 74.1 Å². The van der Waals surface area contributed by atoms with Crippen LogP contribution in [0.15, 0.2) is 30.6 Å². The van der Waals surface area contributed by atoms with Crippen molar-refractivity contribution in [3.8, 4) is 6.07 Å². The summed E-state index contributed by atoms with van der Waals surface area (Å²) in [5, 5.41) is 12.8. The summed E-state index contributed by atoms with van der Waals surface area (Å²) in [6.07, 6.45) is 5.51. The summed E-state index contributed by atoms with van der Waals surface area (Å²) in [5.74, 6) is 1.26. The minimum Gasteiger partial charge on any atom is -0.417 e. The van der Waals surface area contributed by atoms with E-state index in [4.69, 9.17) is 21.3 Å². The molecule has 2 aliphatic heterocycles. The summed E-state index contributed by atoms with van der Waals surface area (Å²) in [5.41, 5.74) is 1.99. The molecule has 2 fully saturated rings. The van der Waals surface area contributed by atoms with E-state index >= 15 is 0 Å². The number of aromatic nitrogens is 2. The highest BCUT2D eigenvalue weighted by atomic mass is 35.5. The second kappa shape index (κ2) is 12.6. The van der Waals surface area contributed by atoms with E-state index < -0.39 is 8.32 Å². The van der Waals surface area contributed by atoms with Gasteiger partial charge in [-0.25, -0.2) is 14.8 Å². The van der Waals surface area contributed by atoms with Crippen molar-refractivity contribution in [1.82, 2.24) is 14.9 Å². The van der Waals surface area contributed by atoms with E-state index in [9.17, 15) is 4.79 Å². The predicted molar refractivity (Wildman–Crippen MR) is 168 cm³/mol. The second-order valence-corrected chi connectivity index (χ2v) is 18.2. The van der Waals surface area contributed by atoms with Gasteiger partial charge < -0.3 is 24.4 Å². The predicted octanol–water partition coefficient (Wildman–Crippen LogP) is 6.37. The fourth-order valence-electron chi connectivity index (χ4n) is 5.13. The van der Waals surface area contributed by atoms with Crippen LogP contribution in [0.2, 0.25) is 23.2 Å². The molecular weight excluding hydrogens is 554 g/mol. The standard InChI is InChI=1S/C30H44ClN7O2Si/c1-21-19-38(22(2)18-37(21)26-9-8-24(15-32)27(31)14-26)29(39)35-25-16-33-28(34-17-25)36-12-10-23(11-13-36)20-40-41(6,7)30(3,4)5/h8-9,14,16-17,21-23H,10-13,18-20H2,1-7H3,(H,35,39)/t21-,22+/m0/s1. The second-order valence-electron chi connectivity index (χ2n) is 13.0. The summed E-state index contributed by atoms with van der Waals surface area (Å²) in [6.45, 7) is 19.4. The normalized spacial score (nSPS) is 20.6. The van der Waals surface area contributed by atoms with Gasteiger partial charge in [0.25, 0.3) is 0 Å². The van der Waals surface area contributed by atoms with Gasteiger partial charge in [0.05, 0.1) is 28.7 Å². The molecule has 0 radical (unpaired) electrons. The molecule has 0 unspecified atom stereocenters. The molecule has 0 aliphatic carbocycles. The van der Waals surface area contributed by atoms with Crippen LogP contribution >= 0.6 is 11.6 Å². The van der Waals surface area contributed by atoms with Crippen LogP contribution in [0.3, 0.4) is 0 Å². The molecule has 2 amide bonds. The first-order chi connectivity index (χ1) is 19.3. The van der Waals surface area contributed by atoms with Crippen molar-refractivity contribution in [2.45, 2.75) is 77.7 Å². The van der Waals surface area contributed by atoms with Crippen molar-refractivity contribution in [2.75, 3.05) is 47.9 Å². The van der Waals surface area contributed by atoms with Gasteiger partial charge in [-0.3, -0.25) is 0 Å². The van der Waals surface area contributed by atoms with Crippen molar-refractivity contribution in [2.24, 2.45) is 5.92 Å². The van der Waals surface area contributed by atoms with Gasteiger partial charge in [-0.15, -0.1) is 0 Å². The summed E-state index contributed by atoms with van der Waals surface area (Å²) in [7, 11) is -1.73. The molecule has 0 saturated carbocycles. The van der Waals surface area contributed by atoms with Crippen molar-refractivity contribution < 1.29 is 9.22 Å². The van der Waals surface area contributed by atoms with E-state index in [2.05, 4.69) is 71.9 Å². The average molecular weight is 598 g/mol. The fourth-order valence-corrected chi connectivity index (χ4v) is 6.43. The maximum absolute atomic E-state index is 13.2. The molecule has 3 heterocycles. The lowest BCUT2D eigenvalue weighted by molar-refractivity contribution is 0.173. The Labute approximate surface area is 251 Å². The third kappa shape index (κ3) is 7.32. The lowest BCUT2D eigenvalue weighted by Gasteiger charge is -2.45. The van der Waals surface area contributed by atoms with Gasteiger partial charge in [0.2, 0.25) is 5.95 Å². The minimum absolute atomic E-state index is 0.0253. The summed E-state index contributed by atoms with van der Waals surface area (Å²) in [6, 6.07) is 7.46. The lowest BCUT2D eigenvalue weighted by atomic mass is 9.98. The Hall–Kier alpha value is -2.87. The largest absolute Gasteiger partial charge is 0.417 e. The van der Waals surface area contributed by atoms with Crippen molar-refractivity contribution >= 4 is 43.3 Å². The zero-order valence-corrected chi connectivity index (χ0v) is 27.2. The first-order valence-corrected chi connectivity index (χ1v) is 17.8. The van der Waals surface area contributed by atoms with Crippen LogP contribution in [-0.2, 0) is 4.43 Å². The SMILES string of the molecule is C[C@@H]1CN(c2ccc(C#N)c(Cl)c2)[C@@H](C)CN1C(=O)Nc1cnc(N2CCC(CO[Si](C)(C)C(C)(C)C)CC2)nc1. The molecule has 4 rings (SSSR count). The van der Waals surface area contributed by atoms with Crippen LogP contribution in [0, 0.1) is 17.2 Å². The minimum atomic E-state index is -1.73. The average Bonchev–Trinajstić information content (AvgIpc) is 2.93. The van der Waals surface area contributed by atoms with Gasteiger partial charge in [-0.2, -0.15) is 5.26 Å². The van der Waals surface area contributed by atoms with E-state index in [-0.39, 0.29) is 23.2 Å². The van der Waals surface area contributed by atoms with Crippen LogP contribution in [0.25, 0.3) is 0 Å². The van der Waals surface area contributed by atoms with Gasteiger partial charge in [0.15, 0.2) is 8.32 Å². The van der Waals surface area contributed by atoms with Gasteiger partial charge in [-0.1, -0.05) is 32.4 Å². The van der Waals surface area contributed by atoms with Crippen LogP contribution < -0.4 is 15.1 Å². The number of carbonyl (C=O) groups is 1. The van der Waals surface area contributed by atoms with Crippen LogP contribution in [0.5, 0.6) is 0 Å². The number of urea groups is 1. The summed E-state index contributed by atoms with van der Waals surface area (Å²) in [4.78, 5) is 28.6. The first kappa shape index (κ1) is 31.1. The molecule has 1 aromatic heterocycles.